The molecular weight excluding hydrogens is 491 g/mol. The Morgan fingerprint density at radius 3 is 2.49 bits per heavy atom. The standard InChI is InChI=1S/C26H20ClFN2O4S/c1-2-30-24(31)23(35-26(30)29-20-10-6-18(7-11-20)25(32)33)14-17-5-12-22(21(27)13-17)34-15-16-3-8-19(28)9-4-16/h3-14H,2,15H2,1H3,(H,32,33). The zero-order valence-electron chi connectivity index (χ0n) is 18.6. The highest BCUT2D eigenvalue weighted by molar-refractivity contribution is 8.18. The molecule has 9 heteroatoms. The van der Waals surface area contributed by atoms with Crippen LogP contribution in [0.3, 0.4) is 0 Å². The second-order valence-corrected chi connectivity index (χ2v) is 8.93. The second kappa shape index (κ2) is 10.8. The Morgan fingerprint density at radius 2 is 1.86 bits per heavy atom. The number of likely N-dealkylation sites (N-methyl/N-ethyl adjacent to an activating group) is 1. The number of halogens is 2. The average molecular weight is 511 g/mol. The number of aliphatic imine (C=N–C) groups is 1. The van der Waals surface area contributed by atoms with Gasteiger partial charge in [-0.3, -0.25) is 9.69 Å². The lowest BCUT2D eigenvalue weighted by molar-refractivity contribution is -0.122. The van der Waals surface area contributed by atoms with Crippen molar-refractivity contribution in [1.29, 1.82) is 0 Å². The van der Waals surface area contributed by atoms with Crippen LogP contribution in [0, 0.1) is 5.82 Å². The van der Waals surface area contributed by atoms with Crippen LogP contribution in [0.25, 0.3) is 6.08 Å². The van der Waals surface area contributed by atoms with E-state index in [1.54, 1.807) is 53.4 Å². The lowest BCUT2D eigenvalue weighted by atomic mass is 10.2. The molecule has 3 aromatic rings. The molecule has 1 aliphatic rings. The summed E-state index contributed by atoms with van der Waals surface area (Å²) in [5, 5.41) is 9.94. The molecule has 0 atom stereocenters. The molecule has 1 saturated heterocycles. The van der Waals surface area contributed by atoms with Gasteiger partial charge in [-0.15, -0.1) is 0 Å². The molecule has 4 rings (SSSR count). The Bertz CT molecular complexity index is 1320. The predicted octanol–water partition coefficient (Wildman–Crippen LogP) is 6.38. The number of ether oxygens (including phenoxy) is 1. The van der Waals surface area contributed by atoms with Crippen molar-refractivity contribution in [2.24, 2.45) is 4.99 Å². The number of aromatic carboxylic acids is 1. The topological polar surface area (TPSA) is 79.2 Å². The maximum absolute atomic E-state index is 13.1. The summed E-state index contributed by atoms with van der Waals surface area (Å²) in [5.41, 5.74) is 2.25. The molecule has 0 bridgehead atoms. The van der Waals surface area contributed by atoms with Crippen molar-refractivity contribution in [3.8, 4) is 5.75 Å². The Balaban J connectivity index is 1.50. The van der Waals surface area contributed by atoms with Crippen LogP contribution >= 0.6 is 23.4 Å². The number of carbonyl (C=O) groups is 2. The molecule has 0 aromatic heterocycles. The van der Waals surface area contributed by atoms with E-state index in [1.165, 1.54) is 36.0 Å². The van der Waals surface area contributed by atoms with Gasteiger partial charge in [0.2, 0.25) is 0 Å². The van der Waals surface area contributed by atoms with Crippen LogP contribution in [0.5, 0.6) is 5.75 Å². The molecule has 0 saturated carbocycles. The lowest BCUT2D eigenvalue weighted by Crippen LogP contribution is -2.28. The molecule has 1 N–H and O–H groups in total. The van der Waals surface area contributed by atoms with Gasteiger partial charge in [-0.05, 0) is 84.4 Å². The number of carboxylic acids is 1. The van der Waals surface area contributed by atoms with E-state index in [-0.39, 0.29) is 23.9 Å². The van der Waals surface area contributed by atoms with Crippen molar-refractivity contribution >= 4 is 52.2 Å². The van der Waals surface area contributed by atoms with Gasteiger partial charge in [0.25, 0.3) is 5.91 Å². The number of thioether (sulfide) groups is 1. The van der Waals surface area contributed by atoms with E-state index in [0.29, 0.717) is 33.1 Å². The molecule has 178 valence electrons. The first-order valence-corrected chi connectivity index (χ1v) is 11.8. The molecule has 0 unspecified atom stereocenters. The minimum Gasteiger partial charge on any atom is -0.487 e. The van der Waals surface area contributed by atoms with Crippen LogP contribution in [0.15, 0.2) is 76.6 Å². The molecule has 1 heterocycles. The summed E-state index contributed by atoms with van der Waals surface area (Å²) in [6.07, 6.45) is 1.74. The smallest absolute Gasteiger partial charge is 0.335 e. The van der Waals surface area contributed by atoms with Gasteiger partial charge in [0, 0.05) is 6.54 Å². The first kappa shape index (κ1) is 24.5. The first-order valence-electron chi connectivity index (χ1n) is 10.6. The predicted molar refractivity (Wildman–Crippen MR) is 136 cm³/mol. The SMILES string of the molecule is CCN1C(=O)C(=Cc2ccc(OCc3ccc(F)cc3)c(Cl)c2)SC1=Nc1ccc(C(=O)O)cc1. The van der Waals surface area contributed by atoms with Crippen molar-refractivity contribution in [2.45, 2.75) is 13.5 Å². The Labute approximate surface area is 210 Å². The van der Waals surface area contributed by atoms with E-state index >= 15 is 0 Å². The summed E-state index contributed by atoms with van der Waals surface area (Å²) in [7, 11) is 0. The number of hydrogen-bond donors (Lipinski definition) is 1. The zero-order valence-corrected chi connectivity index (χ0v) is 20.1. The number of hydrogen-bond acceptors (Lipinski definition) is 5. The highest BCUT2D eigenvalue weighted by atomic mass is 35.5. The monoisotopic (exact) mass is 510 g/mol. The summed E-state index contributed by atoms with van der Waals surface area (Å²) in [4.78, 5) is 30.5. The number of benzene rings is 3. The summed E-state index contributed by atoms with van der Waals surface area (Å²) in [6, 6.07) is 17.4. The third-order valence-electron chi connectivity index (χ3n) is 5.10. The van der Waals surface area contributed by atoms with Crippen LogP contribution in [0.1, 0.15) is 28.4 Å². The summed E-state index contributed by atoms with van der Waals surface area (Å²) < 4.78 is 18.8. The second-order valence-electron chi connectivity index (χ2n) is 7.51. The molecule has 0 radical (unpaired) electrons. The Kier molecular flexibility index (Phi) is 7.53. The zero-order chi connectivity index (χ0) is 24.9. The largest absolute Gasteiger partial charge is 0.487 e. The van der Waals surface area contributed by atoms with Gasteiger partial charge < -0.3 is 9.84 Å². The lowest BCUT2D eigenvalue weighted by Gasteiger charge is -2.12. The van der Waals surface area contributed by atoms with Crippen LogP contribution < -0.4 is 4.74 Å². The van der Waals surface area contributed by atoms with Crippen LogP contribution in [-0.4, -0.2) is 33.6 Å². The molecule has 1 amide bonds. The van der Waals surface area contributed by atoms with Crippen molar-refractivity contribution in [2.75, 3.05) is 6.54 Å². The molecular formula is C26H20ClFN2O4S. The molecule has 1 aliphatic heterocycles. The van der Waals surface area contributed by atoms with E-state index in [9.17, 15) is 14.0 Å². The van der Waals surface area contributed by atoms with Crippen molar-refractivity contribution in [3.63, 3.8) is 0 Å². The van der Waals surface area contributed by atoms with Gasteiger partial charge in [-0.2, -0.15) is 0 Å². The van der Waals surface area contributed by atoms with Crippen LogP contribution in [0.2, 0.25) is 5.02 Å². The van der Waals surface area contributed by atoms with E-state index in [0.717, 1.165) is 11.1 Å². The normalized spacial score (nSPS) is 15.7. The summed E-state index contributed by atoms with van der Waals surface area (Å²) in [6.45, 7) is 2.54. The maximum Gasteiger partial charge on any atom is 0.335 e. The Morgan fingerprint density at radius 1 is 1.14 bits per heavy atom. The van der Waals surface area contributed by atoms with E-state index in [2.05, 4.69) is 4.99 Å². The van der Waals surface area contributed by atoms with Crippen molar-refractivity contribution in [1.82, 2.24) is 4.90 Å². The number of rotatable bonds is 7. The number of amidine groups is 1. The van der Waals surface area contributed by atoms with Gasteiger partial charge in [-0.25, -0.2) is 14.2 Å². The van der Waals surface area contributed by atoms with Crippen LogP contribution in [0.4, 0.5) is 10.1 Å². The minimum atomic E-state index is -1.01. The fraction of sp³-hybridized carbons (Fsp3) is 0.115. The fourth-order valence-electron chi connectivity index (χ4n) is 3.28. The Hall–Kier alpha value is -3.62. The highest BCUT2D eigenvalue weighted by Gasteiger charge is 2.32. The maximum atomic E-state index is 13.1. The van der Waals surface area contributed by atoms with Gasteiger partial charge in [-0.1, -0.05) is 29.8 Å². The van der Waals surface area contributed by atoms with Crippen LogP contribution in [-0.2, 0) is 11.4 Å². The van der Waals surface area contributed by atoms with E-state index in [1.807, 2.05) is 6.92 Å². The number of carboxylic acid groups (broad SMARTS) is 1. The van der Waals surface area contributed by atoms with Gasteiger partial charge in [0.15, 0.2) is 5.17 Å². The summed E-state index contributed by atoms with van der Waals surface area (Å²) in [5.74, 6) is -1.02. The third-order valence-corrected chi connectivity index (χ3v) is 6.41. The first-order chi connectivity index (χ1) is 16.8. The minimum absolute atomic E-state index is 0.166. The van der Waals surface area contributed by atoms with E-state index in [4.69, 9.17) is 21.4 Å². The number of nitrogens with zero attached hydrogens (tertiary/aromatic N) is 2. The van der Waals surface area contributed by atoms with E-state index < -0.39 is 5.97 Å². The average Bonchev–Trinajstić information content (AvgIpc) is 3.13. The van der Waals surface area contributed by atoms with Crippen molar-refractivity contribution < 1.29 is 23.8 Å². The highest BCUT2D eigenvalue weighted by Crippen LogP contribution is 2.35. The molecule has 0 aliphatic carbocycles. The number of carbonyl (C=O) groups excluding carboxylic acids is 1. The molecule has 1 fully saturated rings. The molecule has 0 spiro atoms. The quantitative estimate of drug-likeness (QED) is 0.373. The van der Waals surface area contributed by atoms with Gasteiger partial charge >= 0.3 is 5.97 Å². The van der Waals surface area contributed by atoms with Gasteiger partial charge in [0.1, 0.15) is 18.2 Å². The van der Waals surface area contributed by atoms with Gasteiger partial charge in [0.05, 0.1) is 21.2 Å². The van der Waals surface area contributed by atoms with Crippen molar-refractivity contribution in [3.05, 3.63) is 99.2 Å². The number of amides is 1. The fourth-order valence-corrected chi connectivity index (χ4v) is 4.58. The molecule has 6 nitrogen and oxygen atoms in total. The molecule has 35 heavy (non-hydrogen) atoms. The summed E-state index contributed by atoms with van der Waals surface area (Å²) >= 11 is 7.62. The molecule has 3 aromatic carbocycles. The third kappa shape index (κ3) is 5.90.